The molecule has 0 fully saturated rings. The molecular weight excluding hydrogens is 312 g/mol. The van der Waals surface area contributed by atoms with Gasteiger partial charge in [-0.15, -0.1) is 5.10 Å². The quantitative estimate of drug-likeness (QED) is 0.793. The summed E-state index contributed by atoms with van der Waals surface area (Å²) in [5, 5.41) is 16.2. The molecule has 0 unspecified atom stereocenters. The van der Waals surface area contributed by atoms with E-state index in [1.807, 2.05) is 6.92 Å². The molecule has 0 spiro atoms. The molecule has 0 aliphatic rings. The van der Waals surface area contributed by atoms with Gasteiger partial charge in [0.2, 0.25) is 5.03 Å². The highest BCUT2D eigenvalue weighted by Crippen LogP contribution is 2.22. The highest BCUT2D eigenvalue weighted by molar-refractivity contribution is 9.10. The molecule has 0 aliphatic carbocycles. The summed E-state index contributed by atoms with van der Waals surface area (Å²) in [7, 11) is -2.17. The van der Waals surface area contributed by atoms with E-state index in [1.165, 1.54) is 16.0 Å². The van der Waals surface area contributed by atoms with Crippen molar-refractivity contribution in [3.8, 4) is 0 Å². The molecule has 1 aromatic heterocycles. The second kappa shape index (κ2) is 5.89. The van der Waals surface area contributed by atoms with Crippen molar-refractivity contribution >= 4 is 26.0 Å². The van der Waals surface area contributed by atoms with Crippen LogP contribution in [0.5, 0.6) is 0 Å². The zero-order valence-electron chi connectivity index (χ0n) is 9.67. The van der Waals surface area contributed by atoms with Crippen LogP contribution in [0.4, 0.5) is 0 Å². The molecule has 98 valence electrons. The van der Waals surface area contributed by atoms with Crippen molar-refractivity contribution in [2.24, 2.45) is 7.05 Å². The van der Waals surface area contributed by atoms with Crippen LogP contribution in [0.15, 0.2) is 9.63 Å². The normalized spacial score (nSPS) is 12.3. The van der Waals surface area contributed by atoms with Crippen LogP contribution in [-0.2, 0) is 17.1 Å². The number of hydrogen-bond donors (Lipinski definition) is 1. The van der Waals surface area contributed by atoms with E-state index in [9.17, 15) is 8.42 Å². The summed E-state index contributed by atoms with van der Waals surface area (Å²) < 4.78 is 27.2. The Bertz CT molecular complexity index is 448. The summed E-state index contributed by atoms with van der Waals surface area (Å²) in [6.45, 7) is 2.06. The molecule has 0 bridgehead atoms. The minimum Gasteiger partial charge on any atom is -0.395 e. The number of aromatic nitrogens is 3. The lowest BCUT2D eigenvalue weighted by Gasteiger charge is -2.20. The van der Waals surface area contributed by atoms with E-state index < -0.39 is 10.0 Å². The lowest BCUT2D eigenvalue weighted by molar-refractivity contribution is 0.253. The SMILES string of the molecule is CCCN(CCO)S(=O)(=O)c1c(Br)nnn1C. The predicted octanol–water partition coefficient (Wildman–Crippen LogP) is -0.0294. The van der Waals surface area contributed by atoms with Gasteiger partial charge in [0, 0.05) is 20.1 Å². The van der Waals surface area contributed by atoms with Gasteiger partial charge in [-0.2, -0.15) is 4.31 Å². The van der Waals surface area contributed by atoms with Crippen molar-refractivity contribution in [3.05, 3.63) is 4.60 Å². The summed E-state index contributed by atoms with van der Waals surface area (Å²) in [5.74, 6) is 0. The van der Waals surface area contributed by atoms with E-state index in [2.05, 4.69) is 26.2 Å². The number of aliphatic hydroxyl groups is 1. The van der Waals surface area contributed by atoms with E-state index in [4.69, 9.17) is 5.11 Å². The Morgan fingerprint density at radius 2 is 2.12 bits per heavy atom. The van der Waals surface area contributed by atoms with E-state index in [-0.39, 0.29) is 22.8 Å². The van der Waals surface area contributed by atoms with Crippen LogP contribution >= 0.6 is 15.9 Å². The van der Waals surface area contributed by atoms with Crippen LogP contribution in [-0.4, -0.2) is 52.5 Å². The number of halogens is 1. The lowest BCUT2D eigenvalue weighted by atomic mass is 10.5. The summed E-state index contributed by atoms with van der Waals surface area (Å²) in [6, 6.07) is 0. The number of sulfonamides is 1. The first-order chi connectivity index (χ1) is 7.95. The molecule has 0 saturated heterocycles. The minimum absolute atomic E-state index is 0.000556. The van der Waals surface area contributed by atoms with Gasteiger partial charge in [0.15, 0.2) is 4.60 Å². The van der Waals surface area contributed by atoms with E-state index >= 15 is 0 Å². The highest BCUT2D eigenvalue weighted by Gasteiger charge is 2.30. The average molecular weight is 327 g/mol. The maximum atomic E-state index is 12.3. The van der Waals surface area contributed by atoms with Crippen LogP contribution in [0.25, 0.3) is 0 Å². The fraction of sp³-hybridized carbons (Fsp3) is 0.750. The van der Waals surface area contributed by atoms with E-state index in [0.717, 1.165) is 0 Å². The molecule has 17 heavy (non-hydrogen) atoms. The van der Waals surface area contributed by atoms with Gasteiger partial charge < -0.3 is 5.11 Å². The van der Waals surface area contributed by atoms with Crippen molar-refractivity contribution in [3.63, 3.8) is 0 Å². The van der Waals surface area contributed by atoms with Gasteiger partial charge in [-0.25, -0.2) is 13.1 Å². The number of hydrogen-bond acceptors (Lipinski definition) is 5. The maximum Gasteiger partial charge on any atom is 0.263 e. The standard InChI is InChI=1S/C8H15BrN4O3S/c1-3-4-13(5-6-14)17(15,16)8-7(9)10-11-12(8)2/h14H,3-6H2,1-2H3. The fourth-order valence-corrected chi connectivity index (χ4v) is 3.99. The third-order valence-electron chi connectivity index (χ3n) is 2.14. The summed E-state index contributed by atoms with van der Waals surface area (Å²) in [6.07, 6.45) is 0.669. The molecule has 1 aromatic rings. The first-order valence-electron chi connectivity index (χ1n) is 5.11. The molecule has 0 amide bonds. The molecule has 0 aliphatic heterocycles. The highest BCUT2D eigenvalue weighted by atomic mass is 79.9. The third-order valence-corrected chi connectivity index (χ3v) is 4.93. The third kappa shape index (κ3) is 3.03. The molecule has 0 radical (unpaired) electrons. The lowest BCUT2D eigenvalue weighted by Crippen LogP contribution is -2.35. The molecule has 0 atom stereocenters. The van der Waals surface area contributed by atoms with Gasteiger partial charge in [0.1, 0.15) is 0 Å². The Balaban J connectivity index is 3.16. The van der Waals surface area contributed by atoms with Gasteiger partial charge in [-0.3, -0.25) is 0 Å². The van der Waals surface area contributed by atoms with Crippen LogP contribution in [0, 0.1) is 0 Å². The summed E-state index contributed by atoms with van der Waals surface area (Å²) in [5.41, 5.74) is 0. The van der Waals surface area contributed by atoms with E-state index in [1.54, 1.807) is 0 Å². The number of rotatable bonds is 6. The molecule has 0 saturated carbocycles. The van der Waals surface area contributed by atoms with Crippen molar-refractivity contribution in [2.75, 3.05) is 19.7 Å². The Hall–Kier alpha value is -0.510. The van der Waals surface area contributed by atoms with Crippen LogP contribution in [0.3, 0.4) is 0 Å². The molecule has 1 rings (SSSR count). The molecule has 1 N–H and O–H groups in total. The Morgan fingerprint density at radius 1 is 1.47 bits per heavy atom. The first kappa shape index (κ1) is 14.6. The van der Waals surface area contributed by atoms with Gasteiger partial charge in [-0.05, 0) is 22.4 Å². The van der Waals surface area contributed by atoms with E-state index in [0.29, 0.717) is 13.0 Å². The topological polar surface area (TPSA) is 88.3 Å². The predicted molar refractivity (Wildman–Crippen MR) is 64.8 cm³/mol. The molecule has 9 heteroatoms. The van der Waals surface area contributed by atoms with Crippen molar-refractivity contribution in [1.29, 1.82) is 0 Å². The number of aryl methyl sites for hydroxylation is 1. The Kier molecular flexibility index (Phi) is 5.04. The van der Waals surface area contributed by atoms with Gasteiger partial charge in [0.25, 0.3) is 10.0 Å². The zero-order chi connectivity index (χ0) is 13.1. The second-order valence-electron chi connectivity index (χ2n) is 3.44. The molecule has 1 heterocycles. The van der Waals surface area contributed by atoms with Crippen molar-refractivity contribution in [1.82, 2.24) is 19.3 Å². The fourth-order valence-electron chi connectivity index (χ4n) is 1.43. The number of aliphatic hydroxyl groups excluding tert-OH is 1. The summed E-state index contributed by atoms with van der Waals surface area (Å²) in [4.78, 5) is 0. The largest absolute Gasteiger partial charge is 0.395 e. The monoisotopic (exact) mass is 326 g/mol. The number of nitrogens with zero attached hydrogens (tertiary/aromatic N) is 4. The molecule has 7 nitrogen and oxygen atoms in total. The Morgan fingerprint density at radius 3 is 2.53 bits per heavy atom. The van der Waals surface area contributed by atoms with Crippen LogP contribution in [0.1, 0.15) is 13.3 Å². The van der Waals surface area contributed by atoms with Crippen LogP contribution < -0.4 is 0 Å². The maximum absolute atomic E-state index is 12.3. The first-order valence-corrected chi connectivity index (χ1v) is 7.34. The smallest absolute Gasteiger partial charge is 0.263 e. The van der Waals surface area contributed by atoms with Crippen molar-refractivity contribution in [2.45, 2.75) is 18.4 Å². The summed E-state index contributed by atoms with van der Waals surface area (Å²) >= 11 is 3.06. The van der Waals surface area contributed by atoms with Gasteiger partial charge in [0.05, 0.1) is 6.61 Å². The van der Waals surface area contributed by atoms with Gasteiger partial charge in [-0.1, -0.05) is 12.1 Å². The molecule has 0 aromatic carbocycles. The van der Waals surface area contributed by atoms with Crippen LogP contribution in [0.2, 0.25) is 0 Å². The second-order valence-corrected chi connectivity index (χ2v) is 6.04. The molecular formula is C8H15BrN4O3S. The van der Waals surface area contributed by atoms with Crippen molar-refractivity contribution < 1.29 is 13.5 Å². The zero-order valence-corrected chi connectivity index (χ0v) is 12.1. The average Bonchev–Trinajstić information content (AvgIpc) is 2.58. The minimum atomic E-state index is -3.68. The van der Waals surface area contributed by atoms with Gasteiger partial charge >= 0.3 is 0 Å². The Labute approximate surface area is 109 Å².